The molecule has 1 aromatic rings. The largest absolute Gasteiger partial charge is 0.123 e. The third-order valence-electron chi connectivity index (χ3n) is 0.912. The first-order valence-corrected chi connectivity index (χ1v) is 2.52. The molecule has 0 aliphatic rings. The SMILES string of the molecule is [O]N=Nc1ccccc1. The number of hydrogen-bond donors (Lipinski definition) is 0. The van der Waals surface area contributed by atoms with E-state index in [4.69, 9.17) is 0 Å². The Kier molecular flexibility index (Phi) is 1.80. The van der Waals surface area contributed by atoms with Gasteiger partial charge in [0.25, 0.3) is 0 Å². The van der Waals surface area contributed by atoms with E-state index >= 15 is 0 Å². The van der Waals surface area contributed by atoms with Crippen LogP contribution in [0, 0.1) is 0 Å². The average Bonchev–Trinajstić information content (AvgIpc) is 1.91. The zero-order valence-electron chi connectivity index (χ0n) is 4.69. The molecule has 0 aliphatic heterocycles. The van der Waals surface area contributed by atoms with Crippen molar-refractivity contribution in [2.24, 2.45) is 10.4 Å². The van der Waals surface area contributed by atoms with Crippen molar-refractivity contribution in [3.05, 3.63) is 30.3 Å². The van der Waals surface area contributed by atoms with Gasteiger partial charge in [0.05, 0.1) is 11.0 Å². The van der Waals surface area contributed by atoms with E-state index in [1.165, 1.54) is 0 Å². The zero-order valence-corrected chi connectivity index (χ0v) is 4.69. The number of hydrogen-bond acceptors (Lipinski definition) is 2. The van der Waals surface area contributed by atoms with Crippen molar-refractivity contribution < 1.29 is 5.21 Å². The maximum atomic E-state index is 9.56. The van der Waals surface area contributed by atoms with Crippen molar-refractivity contribution in [2.45, 2.75) is 0 Å². The molecule has 0 heterocycles. The van der Waals surface area contributed by atoms with Gasteiger partial charge in [-0.3, -0.25) is 0 Å². The molecule has 3 nitrogen and oxygen atoms in total. The van der Waals surface area contributed by atoms with E-state index in [1.807, 2.05) is 6.07 Å². The second-order valence-corrected chi connectivity index (χ2v) is 1.52. The van der Waals surface area contributed by atoms with E-state index in [0.29, 0.717) is 5.69 Å². The Morgan fingerprint density at radius 2 is 1.78 bits per heavy atom. The predicted molar refractivity (Wildman–Crippen MR) is 31.6 cm³/mol. The maximum absolute atomic E-state index is 9.56. The summed E-state index contributed by atoms with van der Waals surface area (Å²) in [6, 6.07) is 8.86. The molecule has 9 heavy (non-hydrogen) atoms. The van der Waals surface area contributed by atoms with Crippen LogP contribution in [0.15, 0.2) is 40.7 Å². The lowest BCUT2D eigenvalue weighted by Gasteiger charge is -1.83. The minimum Gasteiger partial charge on any atom is -0.123 e. The summed E-state index contributed by atoms with van der Waals surface area (Å²) in [5.74, 6) is 0. The minimum absolute atomic E-state index is 0.590. The van der Waals surface area contributed by atoms with Crippen molar-refractivity contribution in [2.75, 3.05) is 0 Å². The van der Waals surface area contributed by atoms with E-state index < -0.39 is 0 Å². The van der Waals surface area contributed by atoms with Crippen LogP contribution in [-0.4, -0.2) is 0 Å². The van der Waals surface area contributed by atoms with Crippen molar-refractivity contribution >= 4 is 5.69 Å². The molecule has 0 atom stereocenters. The van der Waals surface area contributed by atoms with Crippen LogP contribution in [0.3, 0.4) is 0 Å². The molecule has 45 valence electrons. The Morgan fingerprint density at radius 3 is 2.33 bits per heavy atom. The Balaban J connectivity index is 2.85. The van der Waals surface area contributed by atoms with Gasteiger partial charge in [0.2, 0.25) is 0 Å². The molecule has 0 aliphatic carbocycles. The summed E-state index contributed by atoms with van der Waals surface area (Å²) in [6.45, 7) is 0. The Hall–Kier alpha value is -1.38. The summed E-state index contributed by atoms with van der Waals surface area (Å²) in [5.41, 5.74) is 0.590. The highest BCUT2D eigenvalue weighted by Crippen LogP contribution is 2.08. The molecule has 1 aromatic carbocycles. The van der Waals surface area contributed by atoms with E-state index in [-0.39, 0.29) is 0 Å². The third kappa shape index (κ3) is 1.53. The van der Waals surface area contributed by atoms with Gasteiger partial charge in [0, 0.05) is 0 Å². The highest BCUT2D eigenvalue weighted by molar-refractivity contribution is 5.34. The van der Waals surface area contributed by atoms with Crippen LogP contribution >= 0.6 is 0 Å². The number of nitrogens with zero attached hydrogens (tertiary/aromatic N) is 2. The molecule has 0 spiro atoms. The lowest BCUT2D eigenvalue weighted by atomic mass is 10.3. The van der Waals surface area contributed by atoms with Gasteiger partial charge in [-0.15, -0.1) is 10.3 Å². The molecule has 3 heteroatoms. The van der Waals surface area contributed by atoms with E-state index in [2.05, 4.69) is 10.4 Å². The van der Waals surface area contributed by atoms with Crippen LogP contribution < -0.4 is 0 Å². The number of rotatable bonds is 1. The quantitative estimate of drug-likeness (QED) is 0.403. The molecule has 0 saturated carbocycles. The molecule has 0 fully saturated rings. The van der Waals surface area contributed by atoms with Crippen LogP contribution in [-0.2, 0) is 5.21 Å². The molecule has 1 radical (unpaired) electrons. The van der Waals surface area contributed by atoms with Gasteiger partial charge >= 0.3 is 0 Å². The summed E-state index contributed by atoms with van der Waals surface area (Å²) in [5, 5.41) is 15.2. The highest BCUT2D eigenvalue weighted by atomic mass is 16.5. The Bertz CT molecular complexity index is 195. The first-order valence-electron chi connectivity index (χ1n) is 2.52. The molecule has 0 saturated heterocycles. The van der Waals surface area contributed by atoms with E-state index in [9.17, 15) is 5.21 Å². The Morgan fingerprint density at radius 1 is 1.11 bits per heavy atom. The molecular formula is C6H5N2O. The van der Waals surface area contributed by atoms with Gasteiger partial charge in [-0.2, -0.15) is 0 Å². The van der Waals surface area contributed by atoms with Crippen molar-refractivity contribution in [3.63, 3.8) is 0 Å². The molecule has 0 bridgehead atoms. The van der Waals surface area contributed by atoms with Gasteiger partial charge in [-0.1, -0.05) is 18.2 Å². The monoisotopic (exact) mass is 121 g/mol. The molecule has 0 amide bonds. The first-order chi connectivity index (χ1) is 4.43. The number of benzene rings is 1. The van der Waals surface area contributed by atoms with E-state index in [1.54, 1.807) is 24.3 Å². The van der Waals surface area contributed by atoms with Gasteiger partial charge in [0.15, 0.2) is 0 Å². The van der Waals surface area contributed by atoms with Crippen LogP contribution in [0.25, 0.3) is 0 Å². The van der Waals surface area contributed by atoms with Crippen molar-refractivity contribution in [1.82, 2.24) is 0 Å². The van der Waals surface area contributed by atoms with Gasteiger partial charge in [0.1, 0.15) is 0 Å². The second kappa shape index (κ2) is 2.81. The Labute approximate surface area is 52.6 Å². The molecule has 0 aromatic heterocycles. The van der Waals surface area contributed by atoms with Crippen LogP contribution in [0.1, 0.15) is 0 Å². The topological polar surface area (TPSA) is 44.6 Å². The normalized spacial score (nSPS) is 10.2. The van der Waals surface area contributed by atoms with Gasteiger partial charge in [-0.05, 0) is 12.1 Å². The van der Waals surface area contributed by atoms with Crippen molar-refractivity contribution in [1.29, 1.82) is 0 Å². The molecular weight excluding hydrogens is 116 g/mol. The summed E-state index contributed by atoms with van der Waals surface area (Å²) in [6.07, 6.45) is 0. The molecule has 1 rings (SSSR count). The summed E-state index contributed by atoms with van der Waals surface area (Å²) >= 11 is 0. The highest BCUT2D eigenvalue weighted by Gasteiger charge is 1.81. The fraction of sp³-hybridized carbons (Fsp3) is 0. The second-order valence-electron chi connectivity index (χ2n) is 1.52. The maximum Gasteiger partial charge on any atom is 0.0891 e. The lowest BCUT2D eigenvalue weighted by Crippen LogP contribution is -1.58. The summed E-state index contributed by atoms with van der Waals surface area (Å²) in [7, 11) is 0. The third-order valence-corrected chi connectivity index (χ3v) is 0.912. The fourth-order valence-corrected chi connectivity index (χ4v) is 0.542. The van der Waals surface area contributed by atoms with Crippen LogP contribution in [0.4, 0.5) is 5.69 Å². The summed E-state index contributed by atoms with van der Waals surface area (Å²) < 4.78 is 0. The molecule has 0 unspecified atom stereocenters. The van der Waals surface area contributed by atoms with E-state index in [0.717, 1.165) is 0 Å². The average molecular weight is 121 g/mol. The van der Waals surface area contributed by atoms with Crippen LogP contribution in [0.5, 0.6) is 0 Å². The zero-order chi connectivity index (χ0) is 6.53. The summed E-state index contributed by atoms with van der Waals surface area (Å²) in [4.78, 5) is 0. The first kappa shape index (κ1) is 5.75. The standard InChI is InChI=1S/C6H5N2O/c9-8-7-6-4-2-1-3-5-6/h1-5H. The smallest absolute Gasteiger partial charge is 0.0891 e. The van der Waals surface area contributed by atoms with Crippen molar-refractivity contribution in [3.8, 4) is 0 Å². The predicted octanol–water partition coefficient (Wildman–Crippen LogP) is 2.12. The lowest BCUT2D eigenvalue weighted by molar-refractivity contribution is 0.184. The van der Waals surface area contributed by atoms with Crippen LogP contribution in [0.2, 0.25) is 0 Å². The molecule has 0 N–H and O–H groups in total. The van der Waals surface area contributed by atoms with Gasteiger partial charge in [-0.25, -0.2) is 0 Å². The fourth-order valence-electron chi connectivity index (χ4n) is 0.542. The minimum atomic E-state index is 0.590. The van der Waals surface area contributed by atoms with Gasteiger partial charge < -0.3 is 0 Å².